The van der Waals surface area contributed by atoms with Crippen LogP contribution in [0.3, 0.4) is 0 Å². The molecule has 0 amide bonds. The molecule has 0 aliphatic carbocycles. The van der Waals surface area contributed by atoms with E-state index in [1.807, 2.05) is 0 Å². The standard InChI is InChI=1S/C10H17ClN4S/c1-2-3-14-4-6-15(7-5-14)8-9-10(11)16-13-12-9/h2-8H2,1H3. The number of rotatable bonds is 4. The fraction of sp³-hybridized carbons (Fsp3) is 0.800. The van der Waals surface area contributed by atoms with Crippen molar-refractivity contribution in [2.24, 2.45) is 0 Å². The Labute approximate surface area is 105 Å². The van der Waals surface area contributed by atoms with E-state index in [-0.39, 0.29) is 0 Å². The van der Waals surface area contributed by atoms with Crippen LogP contribution in [0.25, 0.3) is 0 Å². The smallest absolute Gasteiger partial charge is 0.138 e. The second kappa shape index (κ2) is 5.91. The summed E-state index contributed by atoms with van der Waals surface area (Å²) in [6.45, 7) is 8.81. The van der Waals surface area contributed by atoms with E-state index in [9.17, 15) is 0 Å². The summed E-state index contributed by atoms with van der Waals surface area (Å²) in [6, 6.07) is 0. The Morgan fingerprint density at radius 2 is 1.94 bits per heavy atom. The third-order valence-corrected chi connectivity index (χ3v) is 3.87. The third kappa shape index (κ3) is 3.13. The lowest BCUT2D eigenvalue weighted by Gasteiger charge is -2.34. The molecule has 4 nitrogen and oxygen atoms in total. The average Bonchev–Trinajstić information content (AvgIpc) is 2.68. The topological polar surface area (TPSA) is 32.3 Å². The average molecular weight is 261 g/mol. The molecule has 2 heterocycles. The van der Waals surface area contributed by atoms with Gasteiger partial charge >= 0.3 is 0 Å². The summed E-state index contributed by atoms with van der Waals surface area (Å²) >= 11 is 7.26. The van der Waals surface area contributed by atoms with Crippen molar-refractivity contribution in [2.45, 2.75) is 19.9 Å². The molecule has 0 bridgehead atoms. The highest BCUT2D eigenvalue weighted by Crippen LogP contribution is 2.19. The number of hydrogen-bond acceptors (Lipinski definition) is 5. The molecule has 90 valence electrons. The van der Waals surface area contributed by atoms with Crippen molar-refractivity contribution in [3.05, 3.63) is 10.0 Å². The Hall–Kier alpha value is -0.230. The summed E-state index contributed by atoms with van der Waals surface area (Å²) in [5.74, 6) is 0. The number of piperazine rings is 1. The molecule has 1 saturated heterocycles. The minimum atomic E-state index is 0.732. The van der Waals surface area contributed by atoms with Gasteiger partial charge < -0.3 is 4.90 Å². The van der Waals surface area contributed by atoms with Crippen molar-refractivity contribution in [1.82, 2.24) is 19.4 Å². The zero-order valence-corrected chi connectivity index (χ0v) is 11.1. The first-order valence-corrected chi connectivity index (χ1v) is 6.86. The highest BCUT2D eigenvalue weighted by Gasteiger charge is 2.18. The quantitative estimate of drug-likeness (QED) is 0.825. The summed E-state index contributed by atoms with van der Waals surface area (Å²) < 4.78 is 4.59. The highest BCUT2D eigenvalue weighted by molar-refractivity contribution is 7.10. The van der Waals surface area contributed by atoms with Gasteiger partial charge in [0.15, 0.2) is 0 Å². The second-order valence-electron chi connectivity index (χ2n) is 4.11. The molecule has 1 aliphatic heterocycles. The summed E-state index contributed by atoms with van der Waals surface area (Å²) in [6.07, 6.45) is 1.24. The Morgan fingerprint density at radius 1 is 1.25 bits per heavy atom. The Morgan fingerprint density at radius 3 is 2.50 bits per heavy atom. The Balaban J connectivity index is 1.79. The maximum atomic E-state index is 5.99. The van der Waals surface area contributed by atoms with Gasteiger partial charge in [0.2, 0.25) is 0 Å². The zero-order valence-electron chi connectivity index (χ0n) is 9.52. The Kier molecular flexibility index (Phi) is 4.52. The summed E-state index contributed by atoms with van der Waals surface area (Å²) in [5.41, 5.74) is 0.926. The van der Waals surface area contributed by atoms with E-state index < -0.39 is 0 Å². The van der Waals surface area contributed by atoms with E-state index in [1.54, 1.807) is 0 Å². The molecule has 6 heteroatoms. The molecule has 2 rings (SSSR count). The third-order valence-electron chi connectivity index (χ3n) is 2.89. The Bertz CT molecular complexity index is 322. The maximum Gasteiger partial charge on any atom is 0.138 e. The van der Waals surface area contributed by atoms with Crippen molar-refractivity contribution in [3.63, 3.8) is 0 Å². The zero-order chi connectivity index (χ0) is 11.4. The summed E-state index contributed by atoms with van der Waals surface area (Å²) in [4.78, 5) is 4.91. The van der Waals surface area contributed by atoms with Crippen LogP contribution in [0.1, 0.15) is 19.0 Å². The van der Waals surface area contributed by atoms with Gasteiger partial charge in [-0.1, -0.05) is 23.0 Å². The molecule has 0 aromatic carbocycles. The van der Waals surface area contributed by atoms with Crippen LogP contribution in [0.15, 0.2) is 0 Å². The van der Waals surface area contributed by atoms with E-state index in [4.69, 9.17) is 11.6 Å². The fourth-order valence-corrected chi connectivity index (χ4v) is 2.60. The van der Waals surface area contributed by atoms with Gasteiger partial charge in [0.05, 0.1) is 0 Å². The summed E-state index contributed by atoms with van der Waals surface area (Å²) in [5, 5.41) is 4.05. The van der Waals surface area contributed by atoms with Crippen LogP contribution in [-0.2, 0) is 6.54 Å². The van der Waals surface area contributed by atoms with Crippen molar-refractivity contribution in [1.29, 1.82) is 0 Å². The molecule has 1 aromatic rings. The van der Waals surface area contributed by atoms with Crippen LogP contribution in [0.4, 0.5) is 0 Å². The molecule has 16 heavy (non-hydrogen) atoms. The number of hydrogen-bond donors (Lipinski definition) is 0. The number of aromatic nitrogens is 2. The molecular weight excluding hydrogens is 244 g/mol. The fourth-order valence-electron chi connectivity index (χ4n) is 1.99. The molecule has 0 atom stereocenters. The van der Waals surface area contributed by atoms with E-state index in [1.165, 1.54) is 24.5 Å². The molecular formula is C10H17ClN4S. The molecule has 1 aliphatic rings. The molecule has 0 spiro atoms. The maximum absolute atomic E-state index is 5.99. The van der Waals surface area contributed by atoms with E-state index in [2.05, 4.69) is 26.3 Å². The first-order chi connectivity index (χ1) is 7.79. The normalized spacial score (nSPS) is 19.1. The van der Waals surface area contributed by atoms with Crippen molar-refractivity contribution in [3.8, 4) is 0 Å². The first-order valence-electron chi connectivity index (χ1n) is 5.71. The van der Waals surface area contributed by atoms with Gasteiger partial charge in [0.25, 0.3) is 0 Å². The number of nitrogens with zero attached hydrogens (tertiary/aromatic N) is 4. The van der Waals surface area contributed by atoms with Crippen LogP contribution >= 0.6 is 23.1 Å². The van der Waals surface area contributed by atoms with Gasteiger partial charge in [-0.3, -0.25) is 4.90 Å². The van der Waals surface area contributed by atoms with Crippen LogP contribution in [0.5, 0.6) is 0 Å². The molecule has 0 saturated carbocycles. The monoisotopic (exact) mass is 260 g/mol. The van der Waals surface area contributed by atoms with Crippen molar-refractivity contribution < 1.29 is 0 Å². The van der Waals surface area contributed by atoms with Gasteiger partial charge in [-0.15, -0.1) is 5.10 Å². The minimum Gasteiger partial charge on any atom is -0.301 e. The van der Waals surface area contributed by atoms with Crippen LogP contribution in [0, 0.1) is 0 Å². The van der Waals surface area contributed by atoms with Gasteiger partial charge in [-0.05, 0) is 13.0 Å². The van der Waals surface area contributed by atoms with Crippen molar-refractivity contribution >= 4 is 23.1 Å². The van der Waals surface area contributed by atoms with Gasteiger partial charge in [-0.2, -0.15) is 0 Å². The van der Waals surface area contributed by atoms with Crippen LogP contribution in [0.2, 0.25) is 4.34 Å². The lowest BCUT2D eigenvalue weighted by molar-refractivity contribution is 0.126. The lowest BCUT2D eigenvalue weighted by atomic mass is 10.3. The van der Waals surface area contributed by atoms with Crippen LogP contribution < -0.4 is 0 Å². The molecule has 1 aromatic heterocycles. The first kappa shape index (κ1) is 12.2. The number of halogens is 1. The minimum absolute atomic E-state index is 0.732. The van der Waals surface area contributed by atoms with Gasteiger partial charge in [-0.25, -0.2) is 0 Å². The molecule has 0 radical (unpaired) electrons. The molecule has 0 unspecified atom stereocenters. The SMILES string of the molecule is CCCN1CCN(Cc2nnsc2Cl)CC1. The van der Waals surface area contributed by atoms with Crippen molar-refractivity contribution in [2.75, 3.05) is 32.7 Å². The predicted molar refractivity (Wildman–Crippen MR) is 66.9 cm³/mol. The van der Waals surface area contributed by atoms with Crippen LogP contribution in [-0.4, -0.2) is 52.1 Å². The lowest BCUT2D eigenvalue weighted by Crippen LogP contribution is -2.46. The predicted octanol–water partition coefficient (Wildman–Crippen LogP) is 1.72. The van der Waals surface area contributed by atoms with Gasteiger partial charge in [0, 0.05) is 44.3 Å². The van der Waals surface area contributed by atoms with E-state index >= 15 is 0 Å². The second-order valence-corrected chi connectivity index (χ2v) is 5.47. The molecule has 0 N–H and O–H groups in total. The largest absolute Gasteiger partial charge is 0.301 e. The van der Waals surface area contributed by atoms with Gasteiger partial charge in [0.1, 0.15) is 10.0 Å². The highest BCUT2D eigenvalue weighted by atomic mass is 35.5. The van der Waals surface area contributed by atoms with E-state index in [0.29, 0.717) is 0 Å². The summed E-state index contributed by atoms with van der Waals surface area (Å²) in [7, 11) is 0. The molecule has 1 fully saturated rings. The van der Waals surface area contributed by atoms with E-state index in [0.717, 1.165) is 42.8 Å².